The van der Waals surface area contributed by atoms with E-state index in [-0.39, 0.29) is 0 Å². The molecule has 0 aromatic heterocycles. The minimum Gasteiger partial charge on any atom is -0.399 e. The predicted molar refractivity (Wildman–Crippen MR) is 130 cm³/mol. The molecule has 4 aromatic carbocycles. The third-order valence-corrected chi connectivity index (χ3v) is 4.26. The van der Waals surface area contributed by atoms with Crippen LogP contribution in [0.15, 0.2) is 97.1 Å². The predicted octanol–water partition coefficient (Wildman–Crippen LogP) is 4.37. The molecule has 0 aliphatic rings. The fourth-order valence-electron chi connectivity index (χ4n) is 2.79. The van der Waals surface area contributed by atoms with Gasteiger partial charge in [0.15, 0.2) is 0 Å². The molecule has 0 aliphatic carbocycles. The Bertz CT molecular complexity index is 1050. The molecule has 6 nitrogen and oxygen atoms in total. The van der Waals surface area contributed by atoms with Crippen molar-refractivity contribution in [3.05, 3.63) is 97.1 Å². The summed E-state index contributed by atoms with van der Waals surface area (Å²) in [5.41, 5.74) is 30.2. The smallest absolute Gasteiger partial charge is 0.335 e. The van der Waals surface area contributed by atoms with Crippen LogP contribution in [0.25, 0.3) is 22.3 Å². The Balaban J connectivity index is 0.000000196. The molecule has 0 heterocycles. The number of hydrogen-bond donors (Lipinski definition) is 4. The maximum atomic E-state index is 8.29. The number of nitrogens with two attached hydrogens (primary N) is 4. The highest BCUT2D eigenvalue weighted by Crippen LogP contribution is 2.23. The highest BCUT2D eigenvalue weighted by atomic mass is 32.1. The monoisotopic (exact) mass is 432 g/mol. The molecule has 0 saturated heterocycles. The highest BCUT2D eigenvalue weighted by Gasteiger charge is 1.97. The van der Waals surface area contributed by atoms with Crippen molar-refractivity contribution >= 4 is 34.3 Å². The van der Waals surface area contributed by atoms with E-state index in [1.807, 2.05) is 97.1 Å². The van der Waals surface area contributed by atoms with Gasteiger partial charge in [-0.3, -0.25) is 0 Å². The standard InChI is InChI=1S/2C12H12N2.O2S/c2*13-11-6-4-9(5-7-11)10-2-1-3-12(14)8-10;1-3-2/h2*1-8H,13-14H2;. The molecule has 0 bridgehead atoms. The molecule has 0 unspecified atom stereocenters. The molecule has 0 atom stereocenters. The van der Waals surface area contributed by atoms with Crippen molar-refractivity contribution in [2.75, 3.05) is 22.9 Å². The number of anilines is 4. The van der Waals surface area contributed by atoms with Crippen molar-refractivity contribution in [2.45, 2.75) is 0 Å². The lowest BCUT2D eigenvalue weighted by Gasteiger charge is -2.02. The van der Waals surface area contributed by atoms with Crippen LogP contribution in [0.3, 0.4) is 0 Å². The first kappa shape index (κ1) is 23.2. The van der Waals surface area contributed by atoms with Gasteiger partial charge < -0.3 is 22.9 Å². The van der Waals surface area contributed by atoms with Crippen LogP contribution in [-0.2, 0) is 11.6 Å². The van der Waals surface area contributed by atoms with Crippen LogP contribution in [-0.4, -0.2) is 8.42 Å². The minimum atomic E-state index is -0.750. The maximum absolute atomic E-state index is 8.29. The summed E-state index contributed by atoms with van der Waals surface area (Å²) in [4.78, 5) is 0. The Morgan fingerprint density at radius 3 is 1.03 bits per heavy atom. The zero-order chi connectivity index (χ0) is 22.6. The average Bonchev–Trinajstić information content (AvgIpc) is 2.76. The molecular weight excluding hydrogens is 408 g/mol. The van der Waals surface area contributed by atoms with Gasteiger partial charge in [-0.15, -0.1) is 0 Å². The summed E-state index contributed by atoms with van der Waals surface area (Å²) in [6, 6.07) is 31.1. The minimum absolute atomic E-state index is 0.750. The molecule has 4 rings (SSSR count). The van der Waals surface area contributed by atoms with Gasteiger partial charge >= 0.3 is 11.6 Å². The summed E-state index contributed by atoms with van der Waals surface area (Å²) in [7, 11) is 0. The molecule has 8 N–H and O–H groups in total. The quantitative estimate of drug-likeness (QED) is 0.347. The van der Waals surface area contributed by atoms with Gasteiger partial charge in [0.1, 0.15) is 0 Å². The Morgan fingerprint density at radius 1 is 0.419 bits per heavy atom. The van der Waals surface area contributed by atoms with Crippen LogP contribution in [0.1, 0.15) is 0 Å². The Hall–Kier alpha value is -4.10. The van der Waals surface area contributed by atoms with E-state index in [0.717, 1.165) is 45.0 Å². The first-order chi connectivity index (χ1) is 14.9. The number of nitrogen functional groups attached to an aromatic ring is 4. The van der Waals surface area contributed by atoms with Crippen LogP contribution in [0.2, 0.25) is 0 Å². The second kappa shape index (κ2) is 11.8. The lowest BCUT2D eigenvalue weighted by Crippen LogP contribution is -1.86. The van der Waals surface area contributed by atoms with Crippen molar-refractivity contribution in [1.82, 2.24) is 0 Å². The summed E-state index contributed by atoms with van der Waals surface area (Å²) in [5.74, 6) is 0. The van der Waals surface area contributed by atoms with E-state index >= 15 is 0 Å². The summed E-state index contributed by atoms with van der Waals surface area (Å²) < 4.78 is 16.6. The Morgan fingerprint density at radius 2 is 0.742 bits per heavy atom. The van der Waals surface area contributed by atoms with E-state index in [1.54, 1.807) is 0 Å². The third-order valence-electron chi connectivity index (χ3n) is 4.26. The van der Waals surface area contributed by atoms with Gasteiger partial charge in [0.05, 0.1) is 0 Å². The largest absolute Gasteiger partial charge is 0.399 e. The van der Waals surface area contributed by atoms with E-state index in [2.05, 4.69) is 0 Å². The second-order valence-corrected chi connectivity index (χ2v) is 6.70. The van der Waals surface area contributed by atoms with Gasteiger partial charge in [0, 0.05) is 22.7 Å². The van der Waals surface area contributed by atoms with Crippen LogP contribution < -0.4 is 22.9 Å². The van der Waals surface area contributed by atoms with E-state index in [4.69, 9.17) is 31.4 Å². The second-order valence-electron chi connectivity index (χ2n) is 6.56. The number of benzene rings is 4. The zero-order valence-electron chi connectivity index (χ0n) is 16.8. The topological polar surface area (TPSA) is 138 Å². The SMILES string of the molecule is Nc1ccc(-c2cccc(N)c2)cc1.Nc1ccc(-c2cccc(N)c2)cc1.O=S=O. The molecule has 31 heavy (non-hydrogen) atoms. The molecule has 7 heteroatoms. The Kier molecular flexibility index (Phi) is 8.82. The van der Waals surface area contributed by atoms with E-state index in [0.29, 0.717) is 0 Å². The first-order valence-electron chi connectivity index (χ1n) is 9.27. The van der Waals surface area contributed by atoms with Crippen LogP contribution in [0.4, 0.5) is 22.7 Å². The molecular formula is C24H24N4O2S. The average molecular weight is 433 g/mol. The van der Waals surface area contributed by atoms with Crippen molar-refractivity contribution in [1.29, 1.82) is 0 Å². The third kappa shape index (κ3) is 7.68. The number of rotatable bonds is 2. The maximum Gasteiger partial charge on any atom is 0.335 e. The summed E-state index contributed by atoms with van der Waals surface area (Å²) in [6.45, 7) is 0. The lowest BCUT2D eigenvalue weighted by atomic mass is 10.1. The van der Waals surface area contributed by atoms with Crippen LogP contribution in [0, 0.1) is 0 Å². The number of hydrogen-bond acceptors (Lipinski definition) is 6. The molecule has 0 radical (unpaired) electrons. The Labute approximate surface area is 185 Å². The fourth-order valence-corrected chi connectivity index (χ4v) is 2.79. The summed E-state index contributed by atoms with van der Waals surface area (Å²) in [6.07, 6.45) is 0. The van der Waals surface area contributed by atoms with Gasteiger partial charge in [-0.25, -0.2) is 0 Å². The van der Waals surface area contributed by atoms with Gasteiger partial charge in [-0.2, -0.15) is 8.42 Å². The lowest BCUT2D eigenvalue weighted by molar-refractivity contribution is 0.630. The molecule has 0 amide bonds. The van der Waals surface area contributed by atoms with E-state index in [1.165, 1.54) is 0 Å². The normalized spacial score (nSPS) is 9.42. The van der Waals surface area contributed by atoms with Crippen molar-refractivity contribution in [2.24, 2.45) is 0 Å². The summed E-state index contributed by atoms with van der Waals surface area (Å²) >= 11 is -0.750. The zero-order valence-corrected chi connectivity index (χ0v) is 17.6. The molecule has 0 saturated carbocycles. The molecule has 4 aromatic rings. The molecule has 158 valence electrons. The highest BCUT2D eigenvalue weighted by molar-refractivity contribution is 7.51. The molecule has 0 spiro atoms. The van der Waals surface area contributed by atoms with Crippen molar-refractivity contribution in [3.63, 3.8) is 0 Å². The molecule has 0 aliphatic heterocycles. The first-order valence-corrected chi connectivity index (χ1v) is 9.94. The molecule has 0 fully saturated rings. The van der Waals surface area contributed by atoms with Crippen LogP contribution in [0.5, 0.6) is 0 Å². The fraction of sp³-hybridized carbons (Fsp3) is 0. The van der Waals surface area contributed by atoms with Gasteiger partial charge in [0.25, 0.3) is 0 Å². The summed E-state index contributed by atoms with van der Waals surface area (Å²) in [5, 5.41) is 0. The van der Waals surface area contributed by atoms with E-state index in [9.17, 15) is 0 Å². The van der Waals surface area contributed by atoms with Gasteiger partial charge in [-0.1, -0.05) is 48.5 Å². The van der Waals surface area contributed by atoms with E-state index < -0.39 is 11.6 Å². The van der Waals surface area contributed by atoms with Crippen molar-refractivity contribution in [3.8, 4) is 22.3 Å². The van der Waals surface area contributed by atoms with Gasteiger partial charge in [0.2, 0.25) is 0 Å². The van der Waals surface area contributed by atoms with Crippen LogP contribution >= 0.6 is 0 Å². The van der Waals surface area contributed by atoms with Crippen molar-refractivity contribution < 1.29 is 8.42 Å². The van der Waals surface area contributed by atoms with Gasteiger partial charge in [-0.05, 0) is 70.8 Å².